The van der Waals surface area contributed by atoms with Gasteiger partial charge >= 0.3 is 0 Å². The predicted molar refractivity (Wildman–Crippen MR) is 79.5 cm³/mol. The molecule has 2 unspecified atom stereocenters. The van der Waals surface area contributed by atoms with Crippen molar-refractivity contribution in [1.82, 2.24) is 10.2 Å². The monoisotopic (exact) mass is 286 g/mol. The first-order chi connectivity index (χ1) is 8.75. The minimum atomic E-state index is 0. The Hall–Kier alpha value is -0.280. The van der Waals surface area contributed by atoms with E-state index in [4.69, 9.17) is 0 Å². The number of carbonyl (C=O) groups is 1. The van der Waals surface area contributed by atoms with Crippen molar-refractivity contribution >= 4 is 18.3 Å². The van der Waals surface area contributed by atoms with Gasteiger partial charge in [-0.3, -0.25) is 4.79 Å². The van der Waals surface area contributed by atoms with Gasteiger partial charge in [-0.1, -0.05) is 13.3 Å². The van der Waals surface area contributed by atoms with E-state index in [2.05, 4.69) is 17.1 Å². The molecule has 2 aliphatic heterocycles. The molecular weight excluding hydrogens is 260 g/mol. The zero-order chi connectivity index (χ0) is 12.6. The highest BCUT2D eigenvalue weighted by molar-refractivity contribution is 5.85. The zero-order valence-electron chi connectivity index (χ0n) is 12.0. The van der Waals surface area contributed by atoms with Gasteiger partial charge in [0.25, 0.3) is 0 Å². The van der Waals surface area contributed by atoms with Gasteiger partial charge in [0.05, 0.1) is 0 Å². The molecule has 3 aliphatic rings. The van der Waals surface area contributed by atoms with E-state index in [1.165, 1.54) is 38.5 Å². The van der Waals surface area contributed by atoms with Gasteiger partial charge in [-0.05, 0) is 56.5 Å². The van der Waals surface area contributed by atoms with Crippen LogP contribution in [0.5, 0.6) is 0 Å². The maximum atomic E-state index is 12.6. The standard InChI is InChI=1S/C15H26N2O.ClH/c1-2-12-4-3-9-17(11-12)14(18)13-10-15(13)5-7-16-8-6-15;/h12-13,16H,2-11H2,1H3;1H. The number of halogens is 1. The summed E-state index contributed by atoms with van der Waals surface area (Å²) in [5.41, 5.74) is 0.404. The van der Waals surface area contributed by atoms with Crippen molar-refractivity contribution in [3.8, 4) is 0 Å². The molecule has 0 aromatic carbocycles. The maximum Gasteiger partial charge on any atom is 0.226 e. The van der Waals surface area contributed by atoms with Crippen molar-refractivity contribution in [2.24, 2.45) is 17.3 Å². The van der Waals surface area contributed by atoms with Gasteiger partial charge in [0.1, 0.15) is 0 Å². The van der Waals surface area contributed by atoms with E-state index in [1.54, 1.807) is 0 Å². The van der Waals surface area contributed by atoms with Crippen LogP contribution in [0.15, 0.2) is 0 Å². The van der Waals surface area contributed by atoms with Gasteiger partial charge in [-0.2, -0.15) is 0 Å². The van der Waals surface area contributed by atoms with E-state index in [0.717, 1.165) is 32.1 Å². The molecule has 3 nitrogen and oxygen atoms in total. The number of hydrogen-bond donors (Lipinski definition) is 1. The number of likely N-dealkylation sites (tertiary alicyclic amines) is 1. The molecule has 4 heteroatoms. The van der Waals surface area contributed by atoms with E-state index in [9.17, 15) is 4.79 Å². The van der Waals surface area contributed by atoms with Crippen LogP contribution in [0.2, 0.25) is 0 Å². The third-order valence-electron chi connectivity index (χ3n) is 5.50. The molecule has 2 saturated heterocycles. The molecule has 0 aromatic rings. The second-order valence-electron chi connectivity index (χ2n) is 6.57. The summed E-state index contributed by atoms with van der Waals surface area (Å²) in [5.74, 6) is 1.61. The third kappa shape index (κ3) is 2.92. The Morgan fingerprint density at radius 2 is 2.11 bits per heavy atom. The van der Waals surface area contributed by atoms with Crippen LogP contribution in [0.1, 0.15) is 45.4 Å². The highest BCUT2D eigenvalue weighted by Crippen LogP contribution is 2.59. The normalized spacial score (nSPS) is 32.8. The molecule has 19 heavy (non-hydrogen) atoms. The number of amides is 1. The number of piperidine rings is 2. The summed E-state index contributed by atoms with van der Waals surface area (Å²) in [5, 5.41) is 3.41. The summed E-state index contributed by atoms with van der Waals surface area (Å²) in [6, 6.07) is 0. The lowest BCUT2D eigenvalue weighted by molar-refractivity contribution is -0.135. The second-order valence-corrected chi connectivity index (χ2v) is 6.57. The summed E-state index contributed by atoms with van der Waals surface area (Å²) in [4.78, 5) is 14.8. The van der Waals surface area contributed by atoms with E-state index in [0.29, 0.717) is 17.2 Å². The molecule has 3 fully saturated rings. The minimum Gasteiger partial charge on any atom is -0.342 e. The minimum absolute atomic E-state index is 0. The molecule has 1 N–H and O–H groups in total. The van der Waals surface area contributed by atoms with Gasteiger partial charge in [-0.25, -0.2) is 0 Å². The van der Waals surface area contributed by atoms with Crippen molar-refractivity contribution in [2.45, 2.75) is 45.4 Å². The predicted octanol–water partition coefficient (Wildman–Crippen LogP) is 2.45. The Morgan fingerprint density at radius 1 is 1.37 bits per heavy atom. The smallest absolute Gasteiger partial charge is 0.226 e. The first-order valence-electron chi connectivity index (χ1n) is 7.75. The first kappa shape index (κ1) is 15.1. The zero-order valence-corrected chi connectivity index (χ0v) is 12.8. The number of nitrogens with zero attached hydrogens (tertiary/aromatic N) is 1. The quantitative estimate of drug-likeness (QED) is 0.846. The second kappa shape index (κ2) is 6.01. The van der Waals surface area contributed by atoms with Crippen molar-refractivity contribution < 1.29 is 4.79 Å². The summed E-state index contributed by atoms with van der Waals surface area (Å²) < 4.78 is 0. The molecule has 0 bridgehead atoms. The van der Waals surface area contributed by atoms with Gasteiger partial charge in [0, 0.05) is 19.0 Å². The van der Waals surface area contributed by atoms with Crippen LogP contribution in [0.25, 0.3) is 0 Å². The molecule has 0 aromatic heterocycles. The van der Waals surface area contributed by atoms with E-state index in [1.807, 2.05) is 0 Å². The van der Waals surface area contributed by atoms with Crippen LogP contribution in [-0.2, 0) is 4.79 Å². The van der Waals surface area contributed by atoms with Crippen LogP contribution in [0.3, 0.4) is 0 Å². The SMILES string of the molecule is CCC1CCCN(C(=O)C2CC23CCNCC3)C1.Cl. The van der Waals surface area contributed by atoms with E-state index >= 15 is 0 Å². The van der Waals surface area contributed by atoms with Gasteiger partial charge in [0.2, 0.25) is 5.91 Å². The first-order valence-corrected chi connectivity index (χ1v) is 7.75. The fourth-order valence-electron chi connectivity index (χ4n) is 3.99. The molecule has 2 heterocycles. The number of carbonyl (C=O) groups excluding carboxylic acids is 1. The van der Waals surface area contributed by atoms with Crippen LogP contribution in [-0.4, -0.2) is 37.0 Å². The Kier molecular flexibility index (Phi) is 4.78. The highest BCUT2D eigenvalue weighted by atomic mass is 35.5. The lowest BCUT2D eigenvalue weighted by Crippen LogP contribution is -2.42. The average molecular weight is 287 g/mol. The molecule has 1 saturated carbocycles. The molecule has 2 atom stereocenters. The molecule has 110 valence electrons. The van der Waals surface area contributed by atoms with Crippen molar-refractivity contribution in [3.63, 3.8) is 0 Å². The molecule has 3 rings (SSSR count). The van der Waals surface area contributed by atoms with Crippen LogP contribution >= 0.6 is 12.4 Å². The topological polar surface area (TPSA) is 32.3 Å². The Morgan fingerprint density at radius 3 is 2.79 bits per heavy atom. The molecule has 1 amide bonds. The van der Waals surface area contributed by atoms with Crippen LogP contribution in [0.4, 0.5) is 0 Å². The summed E-state index contributed by atoms with van der Waals surface area (Å²) >= 11 is 0. The summed E-state index contributed by atoms with van der Waals surface area (Å²) in [6.45, 7) is 6.52. The van der Waals surface area contributed by atoms with Gasteiger partial charge < -0.3 is 10.2 Å². The van der Waals surface area contributed by atoms with Crippen molar-refractivity contribution in [2.75, 3.05) is 26.2 Å². The molecular formula is C15H27ClN2O. The Bertz CT molecular complexity index is 324. The van der Waals surface area contributed by atoms with Gasteiger partial charge in [0.15, 0.2) is 0 Å². The number of nitrogens with one attached hydrogen (secondary N) is 1. The van der Waals surface area contributed by atoms with Gasteiger partial charge in [-0.15, -0.1) is 12.4 Å². The fraction of sp³-hybridized carbons (Fsp3) is 0.933. The molecule has 0 radical (unpaired) electrons. The highest BCUT2D eigenvalue weighted by Gasteiger charge is 2.58. The maximum absolute atomic E-state index is 12.6. The number of rotatable bonds is 2. The lowest BCUT2D eigenvalue weighted by atomic mass is 9.90. The summed E-state index contributed by atoms with van der Waals surface area (Å²) in [6.07, 6.45) is 7.36. The average Bonchev–Trinajstić information content (AvgIpc) is 3.12. The summed E-state index contributed by atoms with van der Waals surface area (Å²) in [7, 11) is 0. The Labute approximate surface area is 122 Å². The molecule has 1 spiro atoms. The van der Waals surface area contributed by atoms with Crippen LogP contribution in [0, 0.1) is 17.3 Å². The van der Waals surface area contributed by atoms with Crippen molar-refractivity contribution in [1.29, 1.82) is 0 Å². The van der Waals surface area contributed by atoms with E-state index in [-0.39, 0.29) is 12.4 Å². The third-order valence-corrected chi connectivity index (χ3v) is 5.50. The Balaban J connectivity index is 0.00000133. The van der Waals surface area contributed by atoms with E-state index < -0.39 is 0 Å². The van der Waals surface area contributed by atoms with Crippen molar-refractivity contribution in [3.05, 3.63) is 0 Å². The largest absolute Gasteiger partial charge is 0.342 e. The number of hydrogen-bond acceptors (Lipinski definition) is 2. The molecule has 1 aliphatic carbocycles. The fourth-order valence-corrected chi connectivity index (χ4v) is 3.99. The lowest BCUT2D eigenvalue weighted by Gasteiger charge is -2.33. The van der Waals surface area contributed by atoms with Crippen LogP contribution < -0.4 is 5.32 Å².